The topological polar surface area (TPSA) is 120 Å². The summed E-state index contributed by atoms with van der Waals surface area (Å²) in [6, 6.07) is 2.16. The van der Waals surface area contributed by atoms with Gasteiger partial charge in [-0.1, -0.05) is 0 Å². The van der Waals surface area contributed by atoms with E-state index in [0.717, 1.165) is 23.3 Å². The second-order valence-electron chi connectivity index (χ2n) is 8.40. The zero-order chi connectivity index (χ0) is 22.1. The molecule has 1 aromatic heterocycles. The molecule has 1 aliphatic carbocycles. The molecule has 3 rings (SSSR count). The molecule has 2 amide bonds. The van der Waals surface area contributed by atoms with Crippen molar-refractivity contribution >= 4 is 34.3 Å². The van der Waals surface area contributed by atoms with Crippen molar-refractivity contribution in [1.29, 1.82) is 5.26 Å². The lowest BCUT2D eigenvalue weighted by Crippen LogP contribution is -2.39. The Morgan fingerprint density at radius 1 is 1.17 bits per heavy atom. The van der Waals surface area contributed by atoms with Crippen LogP contribution in [-0.4, -0.2) is 40.1 Å². The average Bonchev–Trinajstić information content (AvgIpc) is 3.02. The van der Waals surface area contributed by atoms with E-state index >= 15 is 0 Å². The molecule has 0 atom stereocenters. The first-order valence-electron chi connectivity index (χ1n) is 9.90. The van der Waals surface area contributed by atoms with Gasteiger partial charge in [-0.3, -0.25) is 4.79 Å². The van der Waals surface area contributed by atoms with Crippen LogP contribution < -0.4 is 5.32 Å². The SMILES string of the molecule is CC(C)(C)OC(=O)N1CCc2c(sc(NC(=O)C3=C(C(=O)O)CCCC3)c2C#N)C1. The van der Waals surface area contributed by atoms with Crippen LogP contribution >= 0.6 is 11.3 Å². The van der Waals surface area contributed by atoms with Crippen LogP contribution in [-0.2, 0) is 27.3 Å². The van der Waals surface area contributed by atoms with Crippen molar-refractivity contribution in [3.05, 3.63) is 27.2 Å². The number of nitriles is 1. The molecule has 0 aromatic carbocycles. The van der Waals surface area contributed by atoms with Gasteiger partial charge in [0, 0.05) is 22.6 Å². The normalized spacial score (nSPS) is 16.5. The number of anilines is 1. The predicted octanol–water partition coefficient (Wildman–Crippen LogP) is 3.81. The summed E-state index contributed by atoms with van der Waals surface area (Å²) < 4.78 is 5.43. The van der Waals surface area contributed by atoms with E-state index in [4.69, 9.17) is 4.74 Å². The second-order valence-corrected chi connectivity index (χ2v) is 9.50. The Kier molecular flexibility index (Phi) is 6.17. The van der Waals surface area contributed by atoms with Crippen LogP contribution in [0.4, 0.5) is 9.80 Å². The average molecular weight is 432 g/mol. The van der Waals surface area contributed by atoms with Gasteiger partial charge in [0.05, 0.1) is 12.1 Å². The first-order chi connectivity index (χ1) is 14.1. The second kappa shape index (κ2) is 8.48. The maximum absolute atomic E-state index is 12.8. The minimum atomic E-state index is -1.07. The maximum Gasteiger partial charge on any atom is 0.410 e. The van der Waals surface area contributed by atoms with E-state index in [1.807, 2.05) is 0 Å². The number of carbonyl (C=O) groups is 3. The zero-order valence-corrected chi connectivity index (χ0v) is 18.1. The van der Waals surface area contributed by atoms with Gasteiger partial charge in [-0.05, 0) is 58.4 Å². The van der Waals surface area contributed by atoms with Crippen LogP contribution in [0, 0.1) is 11.3 Å². The molecular formula is C21H25N3O5S. The monoisotopic (exact) mass is 431 g/mol. The summed E-state index contributed by atoms with van der Waals surface area (Å²) in [5.74, 6) is -1.54. The van der Waals surface area contributed by atoms with Crippen molar-refractivity contribution < 1.29 is 24.2 Å². The Bertz CT molecular complexity index is 965. The highest BCUT2D eigenvalue weighted by atomic mass is 32.1. The molecule has 0 unspecified atom stereocenters. The number of carbonyl (C=O) groups excluding carboxylic acids is 2. The number of aliphatic carboxylic acids is 1. The fraction of sp³-hybridized carbons (Fsp3) is 0.524. The van der Waals surface area contributed by atoms with Gasteiger partial charge in [0.1, 0.15) is 16.7 Å². The number of carboxylic acid groups (broad SMARTS) is 1. The van der Waals surface area contributed by atoms with E-state index < -0.39 is 23.6 Å². The molecule has 0 saturated carbocycles. The number of thiophene rings is 1. The van der Waals surface area contributed by atoms with Gasteiger partial charge in [-0.15, -0.1) is 11.3 Å². The fourth-order valence-corrected chi connectivity index (χ4v) is 4.87. The van der Waals surface area contributed by atoms with E-state index in [2.05, 4.69) is 11.4 Å². The number of nitrogens with one attached hydrogen (secondary N) is 1. The quantitative estimate of drug-likeness (QED) is 0.751. The predicted molar refractivity (Wildman–Crippen MR) is 111 cm³/mol. The fourth-order valence-electron chi connectivity index (χ4n) is 3.66. The molecule has 0 spiro atoms. The van der Waals surface area contributed by atoms with Crippen molar-refractivity contribution in [2.45, 2.75) is 65.0 Å². The van der Waals surface area contributed by atoms with Crippen LogP contribution in [0.3, 0.4) is 0 Å². The van der Waals surface area contributed by atoms with E-state index in [0.29, 0.717) is 42.9 Å². The van der Waals surface area contributed by atoms with Gasteiger partial charge in [0.25, 0.3) is 5.91 Å². The van der Waals surface area contributed by atoms with Gasteiger partial charge >= 0.3 is 12.1 Å². The molecular weight excluding hydrogens is 406 g/mol. The number of fused-ring (bicyclic) bond motifs is 1. The number of hydrogen-bond donors (Lipinski definition) is 2. The van der Waals surface area contributed by atoms with Crippen LogP contribution in [0.1, 0.15) is 62.5 Å². The van der Waals surface area contributed by atoms with E-state index in [9.17, 15) is 24.8 Å². The van der Waals surface area contributed by atoms with Crippen LogP contribution in [0.2, 0.25) is 0 Å². The number of rotatable bonds is 3. The molecule has 8 nitrogen and oxygen atoms in total. The third kappa shape index (κ3) is 4.65. The molecule has 30 heavy (non-hydrogen) atoms. The summed E-state index contributed by atoms with van der Waals surface area (Å²) >= 11 is 1.25. The summed E-state index contributed by atoms with van der Waals surface area (Å²) in [6.45, 7) is 6.14. The third-order valence-electron chi connectivity index (χ3n) is 5.05. The summed E-state index contributed by atoms with van der Waals surface area (Å²) in [4.78, 5) is 39.0. The molecule has 160 valence electrons. The Morgan fingerprint density at radius 2 is 1.83 bits per heavy atom. The molecule has 0 radical (unpaired) electrons. The van der Waals surface area contributed by atoms with Crippen molar-refractivity contribution in [3.63, 3.8) is 0 Å². The largest absolute Gasteiger partial charge is 0.478 e. The van der Waals surface area contributed by atoms with E-state index in [-0.39, 0.29) is 11.1 Å². The summed E-state index contributed by atoms with van der Waals surface area (Å²) in [5.41, 5.74) is 1.04. The minimum Gasteiger partial charge on any atom is -0.478 e. The Hall–Kier alpha value is -2.86. The highest BCUT2D eigenvalue weighted by Gasteiger charge is 2.31. The summed E-state index contributed by atoms with van der Waals surface area (Å²) in [5, 5.41) is 22.2. The van der Waals surface area contributed by atoms with Crippen molar-refractivity contribution in [3.8, 4) is 6.07 Å². The van der Waals surface area contributed by atoms with Gasteiger partial charge in [0.2, 0.25) is 0 Å². The molecule has 1 aromatic rings. The number of amides is 2. The van der Waals surface area contributed by atoms with Gasteiger partial charge in [-0.2, -0.15) is 5.26 Å². The standard InChI is InChI=1S/C21H25N3O5S/c1-21(2,3)29-20(28)24-9-8-12-15(10-22)18(30-16(12)11-24)23-17(25)13-6-4-5-7-14(13)19(26)27/h4-9,11H2,1-3H3,(H,23,25)(H,26,27). The molecule has 1 aliphatic heterocycles. The Labute approximate surface area is 179 Å². The molecule has 0 fully saturated rings. The maximum atomic E-state index is 12.8. The first-order valence-corrected chi connectivity index (χ1v) is 10.7. The third-order valence-corrected chi connectivity index (χ3v) is 6.18. The number of hydrogen-bond acceptors (Lipinski definition) is 6. The minimum absolute atomic E-state index is 0.148. The van der Waals surface area contributed by atoms with Crippen molar-refractivity contribution in [1.82, 2.24) is 4.90 Å². The highest BCUT2D eigenvalue weighted by molar-refractivity contribution is 7.16. The lowest BCUT2D eigenvalue weighted by atomic mass is 9.91. The number of nitrogens with zero attached hydrogens (tertiary/aromatic N) is 2. The van der Waals surface area contributed by atoms with E-state index in [1.165, 1.54) is 11.3 Å². The lowest BCUT2D eigenvalue weighted by Gasteiger charge is -2.29. The smallest absolute Gasteiger partial charge is 0.410 e. The lowest BCUT2D eigenvalue weighted by molar-refractivity contribution is -0.133. The Balaban J connectivity index is 1.82. The number of carboxylic acids is 1. The van der Waals surface area contributed by atoms with Gasteiger partial charge < -0.3 is 20.1 Å². The van der Waals surface area contributed by atoms with Crippen LogP contribution in [0.15, 0.2) is 11.1 Å². The molecule has 2 aliphatic rings. The van der Waals surface area contributed by atoms with Gasteiger partial charge in [0.15, 0.2) is 0 Å². The zero-order valence-electron chi connectivity index (χ0n) is 17.3. The molecule has 9 heteroatoms. The molecule has 0 saturated heterocycles. The summed E-state index contributed by atoms with van der Waals surface area (Å²) in [7, 11) is 0. The highest BCUT2D eigenvalue weighted by Crippen LogP contribution is 2.38. The number of ether oxygens (including phenoxy) is 1. The van der Waals surface area contributed by atoms with Gasteiger partial charge in [-0.25, -0.2) is 9.59 Å². The Morgan fingerprint density at radius 3 is 2.43 bits per heavy atom. The molecule has 2 heterocycles. The van der Waals surface area contributed by atoms with Crippen LogP contribution in [0.25, 0.3) is 0 Å². The van der Waals surface area contributed by atoms with Crippen molar-refractivity contribution in [2.75, 3.05) is 11.9 Å². The van der Waals surface area contributed by atoms with E-state index in [1.54, 1.807) is 25.7 Å². The molecule has 0 bridgehead atoms. The first kappa shape index (κ1) is 21.8. The van der Waals surface area contributed by atoms with Crippen LogP contribution in [0.5, 0.6) is 0 Å². The van der Waals surface area contributed by atoms with Crippen molar-refractivity contribution in [2.24, 2.45) is 0 Å². The molecule has 2 N–H and O–H groups in total. The summed E-state index contributed by atoms with van der Waals surface area (Å²) in [6.07, 6.45) is 2.37.